The minimum Gasteiger partial charge on any atom is -0.352 e. The Morgan fingerprint density at radius 2 is 1.88 bits per heavy atom. The molecule has 1 N–H and O–H groups in total. The predicted molar refractivity (Wildman–Crippen MR) is 99.0 cm³/mol. The van der Waals surface area contributed by atoms with Gasteiger partial charge in [0.05, 0.1) is 28.7 Å². The van der Waals surface area contributed by atoms with Crippen molar-refractivity contribution in [1.82, 2.24) is 14.9 Å². The number of para-hydroxylation sites is 1. The summed E-state index contributed by atoms with van der Waals surface area (Å²) < 4.78 is 0. The van der Waals surface area contributed by atoms with Crippen molar-refractivity contribution in [1.29, 1.82) is 0 Å². The summed E-state index contributed by atoms with van der Waals surface area (Å²) in [6, 6.07) is 11.8. The number of amides is 1. The number of hydrogen-bond donors (Lipinski definition) is 1. The molecule has 0 bridgehead atoms. The molecule has 0 radical (unpaired) electrons. The van der Waals surface area contributed by atoms with E-state index < -0.39 is 0 Å². The summed E-state index contributed by atoms with van der Waals surface area (Å²) in [7, 11) is 0. The number of rotatable bonds is 3. The standard InChI is InChI=1S/C20H20N4O/c25-20(24-10-2-1-3-11-24)16-12-17(14-21-13-16)23-18-8-4-6-15-7-5-9-22-19(15)18/h4-9,12-14,23H,1-3,10-11H2. The van der Waals surface area contributed by atoms with E-state index in [9.17, 15) is 4.79 Å². The van der Waals surface area contributed by atoms with Gasteiger partial charge in [0.15, 0.2) is 0 Å². The molecule has 1 fully saturated rings. The fraction of sp³-hybridized carbons (Fsp3) is 0.250. The molecular weight excluding hydrogens is 312 g/mol. The van der Waals surface area contributed by atoms with Crippen molar-refractivity contribution < 1.29 is 4.79 Å². The van der Waals surface area contributed by atoms with Gasteiger partial charge in [-0.05, 0) is 37.5 Å². The molecule has 5 nitrogen and oxygen atoms in total. The highest BCUT2D eigenvalue weighted by molar-refractivity contribution is 5.96. The maximum Gasteiger partial charge on any atom is 0.255 e. The third-order valence-electron chi connectivity index (χ3n) is 4.54. The van der Waals surface area contributed by atoms with Crippen molar-refractivity contribution in [3.05, 3.63) is 60.6 Å². The smallest absolute Gasteiger partial charge is 0.255 e. The Bertz CT molecular complexity index is 898. The molecule has 0 unspecified atom stereocenters. The molecule has 4 rings (SSSR count). The van der Waals surface area contributed by atoms with Crippen LogP contribution in [0.4, 0.5) is 11.4 Å². The van der Waals surface area contributed by atoms with E-state index in [0.717, 1.165) is 48.2 Å². The van der Waals surface area contributed by atoms with Gasteiger partial charge in [0.2, 0.25) is 0 Å². The highest BCUT2D eigenvalue weighted by atomic mass is 16.2. The van der Waals surface area contributed by atoms with Gasteiger partial charge < -0.3 is 10.2 Å². The van der Waals surface area contributed by atoms with E-state index in [0.29, 0.717) is 5.56 Å². The Hall–Kier alpha value is -2.95. The second kappa shape index (κ2) is 6.89. The van der Waals surface area contributed by atoms with Crippen LogP contribution in [0, 0.1) is 0 Å². The lowest BCUT2D eigenvalue weighted by Gasteiger charge is -2.26. The minimum absolute atomic E-state index is 0.0619. The number of fused-ring (bicyclic) bond motifs is 1. The number of aromatic nitrogens is 2. The fourth-order valence-corrected chi connectivity index (χ4v) is 3.27. The average molecular weight is 332 g/mol. The summed E-state index contributed by atoms with van der Waals surface area (Å²) in [6.07, 6.45) is 8.52. The monoisotopic (exact) mass is 332 g/mol. The number of piperidine rings is 1. The van der Waals surface area contributed by atoms with E-state index in [1.807, 2.05) is 41.3 Å². The molecule has 3 aromatic rings. The van der Waals surface area contributed by atoms with E-state index in [1.54, 1.807) is 18.6 Å². The molecule has 1 saturated heterocycles. The summed E-state index contributed by atoms with van der Waals surface area (Å²) in [6.45, 7) is 1.67. The normalized spacial score (nSPS) is 14.5. The van der Waals surface area contributed by atoms with Gasteiger partial charge in [-0.15, -0.1) is 0 Å². The van der Waals surface area contributed by atoms with Crippen LogP contribution in [-0.2, 0) is 0 Å². The zero-order valence-corrected chi connectivity index (χ0v) is 14.0. The van der Waals surface area contributed by atoms with Gasteiger partial charge in [0.1, 0.15) is 0 Å². The molecule has 3 heterocycles. The van der Waals surface area contributed by atoms with E-state index in [-0.39, 0.29) is 5.91 Å². The summed E-state index contributed by atoms with van der Waals surface area (Å²) in [5.74, 6) is 0.0619. The minimum atomic E-state index is 0.0619. The molecule has 1 amide bonds. The van der Waals surface area contributed by atoms with E-state index in [4.69, 9.17) is 0 Å². The SMILES string of the molecule is O=C(c1cncc(Nc2cccc3cccnc23)c1)N1CCCCC1. The van der Waals surface area contributed by atoms with Gasteiger partial charge in [-0.25, -0.2) is 0 Å². The molecule has 0 saturated carbocycles. The highest BCUT2D eigenvalue weighted by Gasteiger charge is 2.18. The van der Waals surface area contributed by atoms with Crippen LogP contribution in [0.1, 0.15) is 29.6 Å². The summed E-state index contributed by atoms with van der Waals surface area (Å²) in [5.41, 5.74) is 3.22. The zero-order valence-electron chi connectivity index (χ0n) is 14.0. The lowest BCUT2D eigenvalue weighted by Crippen LogP contribution is -2.35. The third kappa shape index (κ3) is 3.31. The van der Waals surface area contributed by atoms with Gasteiger partial charge in [-0.1, -0.05) is 18.2 Å². The van der Waals surface area contributed by atoms with Gasteiger partial charge in [0.25, 0.3) is 5.91 Å². The summed E-state index contributed by atoms with van der Waals surface area (Å²) in [5, 5.41) is 4.42. The van der Waals surface area contributed by atoms with Gasteiger partial charge >= 0.3 is 0 Å². The lowest BCUT2D eigenvalue weighted by molar-refractivity contribution is 0.0724. The van der Waals surface area contributed by atoms with Gasteiger partial charge in [0, 0.05) is 30.9 Å². The van der Waals surface area contributed by atoms with Crippen LogP contribution < -0.4 is 5.32 Å². The van der Waals surface area contributed by atoms with Crippen molar-refractivity contribution in [3.63, 3.8) is 0 Å². The Labute approximate surface area is 146 Å². The molecular formula is C20H20N4O. The number of carbonyl (C=O) groups excluding carboxylic acids is 1. The number of carbonyl (C=O) groups is 1. The molecule has 1 aliphatic rings. The molecule has 0 atom stereocenters. The van der Waals surface area contributed by atoms with Crippen LogP contribution in [0.3, 0.4) is 0 Å². The molecule has 0 spiro atoms. The first-order valence-corrected chi connectivity index (χ1v) is 8.66. The van der Waals surface area contributed by atoms with Gasteiger partial charge in [-0.2, -0.15) is 0 Å². The Morgan fingerprint density at radius 1 is 1.04 bits per heavy atom. The highest BCUT2D eigenvalue weighted by Crippen LogP contribution is 2.25. The van der Waals surface area contributed by atoms with Crippen molar-refractivity contribution in [2.45, 2.75) is 19.3 Å². The van der Waals surface area contributed by atoms with E-state index in [1.165, 1.54) is 6.42 Å². The number of benzene rings is 1. The Morgan fingerprint density at radius 3 is 2.76 bits per heavy atom. The van der Waals surface area contributed by atoms with Gasteiger partial charge in [-0.3, -0.25) is 14.8 Å². The Balaban J connectivity index is 1.60. The number of nitrogens with zero attached hydrogens (tertiary/aromatic N) is 3. The number of nitrogens with one attached hydrogen (secondary N) is 1. The quantitative estimate of drug-likeness (QED) is 0.787. The molecule has 2 aromatic heterocycles. The first-order valence-electron chi connectivity index (χ1n) is 8.66. The maximum atomic E-state index is 12.7. The second-order valence-corrected chi connectivity index (χ2v) is 6.32. The molecule has 5 heteroatoms. The van der Waals surface area contributed by atoms with E-state index >= 15 is 0 Å². The molecule has 126 valence electrons. The third-order valence-corrected chi connectivity index (χ3v) is 4.54. The second-order valence-electron chi connectivity index (χ2n) is 6.32. The number of likely N-dealkylation sites (tertiary alicyclic amines) is 1. The predicted octanol–water partition coefficient (Wildman–Crippen LogP) is 4.00. The van der Waals surface area contributed by atoms with Crippen molar-refractivity contribution >= 4 is 28.2 Å². The lowest BCUT2D eigenvalue weighted by atomic mass is 10.1. The van der Waals surface area contributed by atoms with Crippen LogP contribution in [0.15, 0.2) is 55.0 Å². The average Bonchev–Trinajstić information content (AvgIpc) is 2.69. The first kappa shape index (κ1) is 15.6. The molecule has 0 aliphatic carbocycles. The van der Waals surface area contributed by atoms with Crippen LogP contribution >= 0.6 is 0 Å². The maximum absolute atomic E-state index is 12.7. The van der Waals surface area contributed by atoms with Crippen LogP contribution in [-0.4, -0.2) is 33.9 Å². The summed E-state index contributed by atoms with van der Waals surface area (Å²) >= 11 is 0. The summed E-state index contributed by atoms with van der Waals surface area (Å²) in [4.78, 5) is 23.3. The molecule has 25 heavy (non-hydrogen) atoms. The van der Waals surface area contributed by atoms with Crippen molar-refractivity contribution in [2.75, 3.05) is 18.4 Å². The first-order chi connectivity index (χ1) is 12.3. The topological polar surface area (TPSA) is 58.1 Å². The zero-order chi connectivity index (χ0) is 17.1. The van der Waals surface area contributed by atoms with Crippen molar-refractivity contribution in [3.8, 4) is 0 Å². The largest absolute Gasteiger partial charge is 0.352 e. The van der Waals surface area contributed by atoms with E-state index in [2.05, 4.69) is 15.3 Å². The number of pyridine rings is 2. The molecule has 1 aliphatic heterocycles. The fourth-order valence-electron chi connectivity index (χ4n) is 3.27. The van der Waals surface area contributed by atoms with Crippen LogP contribution in [0.5, 0.6) is 0 Å². The van der Waals surface area contributed by atoms with Crippen LogP contribution in [0.2, 0.25) is 0 Å². The number of hydrogen-bond acceptors (Lipinski definition) is 4. The number of anilines is 2. The molecule has 1 aromatic carbocycles. The van der Waals surface area contributed by atoms with Crippen molar-refractivity contribution in [2.24, 2.45) is 0 Å². The van der Waals surface area contributed by atoms with Crippen LogP contribution in [0.25, 0.3) is 10.9 Å². The Kier molecular flexibility index (Phi) is 4.29.